The first-order chi connectivity index (χ1) is 7.40. The molecular formula is C13H25NO. The summed E-state index contributed by atoms with van der Waals surface area (Å²) in [5, 5.41) is 3.45. The highest BCUT2D eigenvalue weighted by Gasteiger charge is 2.27. The van der Waals surface area contributed by atoms with E-state index in [0.29, 0.717) is 6.10 Å². The highest BCUT2D eigenvalue weighted by molar-refractivity contribution is 4.80. The Hall–Kier alpha value is -0.0800. The van der Waals surface area contributed by atoms with E-state index in [2.05, 4.69) is 5.32 Å². The summed E-state index contributed by atoms with van der Waals surface area (Å²) in [5.41, 5.74) is 0. The van der Waals surface area contributed by atoms with Crippen LogP contribution in [-0.4, -0.2) is 26.3 Å². The maximum atomic E-state index is 5.63. The van der Waals surface area contributed by atoms with Crippen LogP contribution in [0.15, 0.2) is 0 Å². The molecule has 2 atom stereocenters. The van der Waals surface area contributed by atoms with Gasteiger partial charge in [-0.05, 0) is 57.0 Å². The predicted octanol–water partition coefficient (Wildman–Crippen LogP) is 2.58. The molecule has 0 spiro atoms. The maximum absolute atomic E-state index is 5.63. The van der Waals surface area contributed by atoms with Gasteiger partial charge < -0.3 is 10.1 Å². The third-order valence-electron chi connectivity index (χ3n) is 4.24. The van der Waals surface area contributed by atoms with E-state index in [1.807, 2.05) is 7.11 Å². The SMILES string of the molecule is COC1CCCCC1CC1CCNCC1. The summed E-state index contributed by atoms with van der Waals surface area (Å²) in [6, 6.07) is 0. The van der Waals surface area contributed by atoms with Crippen molar-refractivity contribution < 1.29 is 4.74 Å². The Bertz CT molecular complexity index is 177. The van der Waals surface area contributed by atoms with Crippen molar-refractivity contribution in [3.8, 4) is 0 Å². The lowest BCUT2D eigenvalue weighted by molar-refractivity contribution is 0.0120. The van der Waals surface area contributed by atoms with Gasteiger partial charge in [-0.2, -0.15) is 0 Å². The van der Waals surface area contributed by atoms with Gasteiger partial charge in [-0.25, -0.2) is 0 Å². The van der Waals surface area contributed by atoms with Crippen molar-refractivity contribution in [2.75, 3.05) is 20.2 Å². The monoisotopic (exact) mass is 211 g/mol. The minimum absolute atomic E-state index is 0.564. The van der Waals surface area contributed by atoms with Gasteiger partial charge in [0.1, 0.15) is 0 Å². The summed E-state index contributed by atoms with van der Waals surface area (Å²) in [5.74, 6) is 1.82. The van der Waals surface area contributed by atoms with E-state index in [1.165, 1.54) is 58.0 Å². The molecule has 1 aliphatic heterocycles. The van der Waals surface area contributed by atoms with Gasteiger partial charge in [-0.3, -0.25) is 0 Å². The molecule has 0 radical (unpaired) electrons. The average molecular weight is 211 g/mol. The van der Waals surface area contributed by atoms with Gasteiger partial charge in [0.05, 0.1) is 6.10 Å². The van der Waals surface area contributed by atoms with E-state index in [9.17, 15) is 0 Å². The molecule has 1 N–H and O–H groups in total. The van der Waals surface area contributed by atoms with Crippen LogP contribution in [-0.2, 0) is 4.74 Å². The van der Waals surface area contributed by atoms with E-state index < -0.39 is 0 Å². The van der Waals surface area contributed by atoms with Crippen molar-refractivity contribution in [2.45, 2.75) is 51.0 Å². The zero-order valence-electron chi connectivity index (χ0n) is 10.0. The van der Waals surface area contributed by atoms with Gasteiger partial charge >= 0.3 is 0 Å². The molecule has 1 aliphatic carbocycles. The molecule has 15 heavy (non-hydrogen) atoms. The molecule has 2 rings (SSSR count). The normalized spacial score (nSPS) is 34.2. The van der Waals surface area contributed by atoms with Gasteiger partial charge in [-0.1, -0.05) is 12.8 Å². The van der Waals surface area contributed by atoms with Crippen molar-refractivity contribution in [3.63, 3.8) is 0 Å². The number of piperidine rings is 1. The Balaban J connectivity index is 1.79. The molecule has 0 aromatic heterocycles. The second kappa shape index (κ2) is 5.86. The maximum Gasteiger partial charge on any atom is 0.0599 e. The summed E-state index contributed by atoms with van der Waals surface area (Å²) in [6.45, 7) is 2.46. The van der Waals surface area contributed by atoms with Crippen molar-refractivity contribution in [3.05, 3.63) is 0 Å². The van der Waals surface area contributed by atoms with Gasteiger partial charge in [0.25, 0.3) is 0 Å². The third kappa shape index (κ3) is 3.18. The first-order valence-electron chi connectivity index (χ1n) is 6.63. The highest BCUT2D eigenvalue weighted by atomic mass is 16.5. The van der Waals surface area contributed by atoms with Crippen LogP contribution in [0.1, 0.15) is 44.9 Å². The fourth-order valence-electron chi connectivity index (χ4n) is 3.30. The smallest absolute Gasteiger partial charge is 0.0599 e. The molecule has 0 aromatic carbocycles. The number of rotatable bonds is 3. The summed E-state index contributed by atoms with van der Waals surface area (Å²) >= 11 is 0. The number of hydrogen-bond acceptors (Lipinski definition) is 2. The molecular weight excluding hydrogens is 186 g/mol. The lowest BCUT2D eigenvalue weighted by Crippen LogP contribution is -2.33. The Kier molecular flexibility index (Phi) is 4.45. The van der Waals surface area contributed by atoms with E-state index >= 15 is 0 Å². The van der Waals surface area contributed by atoms with Crippen LogP contribution >= 0.6 is 0 Å². The fourth-order valence-corrected chi connectivity index (χ4v) is 3.30. The second-order valence-corrected chi connectivity index (χ2v) is 5.25. The molecule has 2 heteroatoms. The first kappa shape index (κ1) is 11.4. The van der Waals surface area contributed by atoms with Crippen LogP contribution in [0.2, 0.25) is 0 Å². The Labute approximate surface area is 93.8 Å². The zero-order chi connectivity index (χ0) is 10.5. The third-order valence-corrected chi connectivity index (χ3v) is 4.24. The topological polar surface area (TPSA) is 21.3 Å². The number of methoxy groups -OCH3 is 1. The van der Waals surface area contributed by atoms with E-state index in [-0.39, 0.29) is 0 Å². The summed E-state index contributed by atoms with van der Waals surface area (Å²) in [6.07, 6.45) is 10.2. The van der Waals surface area contributed by atoms with E-state index in [0.717, 1.165) is 11.8 Å². The number of nitrogens with one attached hydrogen (secondary N) is 1. The Morgan fingerprint density at radius 1 is 1.07 bits per heavy atom. The molecule has 2 unspecified atom stereocenters. The first-order valence-corrected chi connectivity index (χ1v) is 6.63. The van der Waals surface area contributed by atoms with Crippen molar-refractivity contribution >= 4 is 0 Å². The Morgan fingerprint density at radius 3 is 2.53 bits per heavy atom. The molecule has 1 heterocycles. The minimum atomic E-state index is 0.564. The van der Waals surface area contributed by atoms with E-state index in [4.69, 9.17) is 4.74 Å². The van der Waals surface area contributed by atoms with Crippen LogP contribution in [0, 0.1) is 11.8 Å². The molecule has 0 bridgehead atoms. The van der Waals surface area contributed by atoms with Crippen LogP contribution in [0.25, 0.3) is 0 Å². The molecule has 1 saturated carbocycles. The van der Waals surface area contributed by atoms with Gasteiger partial charge in [0.15, 0.2) is 0 Å². The van der Waals surface area contributed by atoms with Crippen LogP contribution in [0.4, 0.5) is 0 Å². The molecule has 0 amide bonds. The molecule has 0 aromatic rings. The summed E-state index contributed by atoms with van der Waals surface area (Å²) in [7, 11) is 1.89. The van der Waals surface area contributed by atoms with Crippen LogP contribution < -0.4 is 5.32 Å². The highest BCUT2D eigenvalue weighted by Crippen LogP contribution is 2.33. The number of hydrogen-bond donors (Lipinski definition) is 1. The van der Waals surface area contributed by atoms with Crippen molar-refractivity contribution in [1.82, 2.24) is 5.32 Å². The van der Waals surface area contributed by atoms with Crippen molar-refractivity contribution in [1.29, 1.82) is 0 Å². The standard InChI is InChI=1S/C13H25NO/c1-15-13-5-3-2-4-12(13)10-11-6-8-14-9-7-11/h11-14H,2-10H2,1H3. The lowest BCUT2D eigenvalue weighted by Gasteiger charge is -2.34. The minimum Gasteiger partial charge on any atom is -0.381 e. The van der Waals surface area contributed by atoms with E-state index in [1.54, 1.807) is 0 Å². The quantitative estimate of drug-likeness (QED) is 0.774. The second-order valence-electron chi connectivity index (χ2n) is 5.25. The van der Waals surface area contributed by atoms with Gasteiger partial charge in [0.2, 0.25) is 0 Å². The molecule has 2 aliphatic rings. The molecule has 1 saturated heterocycles. The summed E-state index contributed by atoms with van der Waals surface area (Å²) < 4.78 is 5.63. The van der Waals surface area contributed by atoms with Crippen molar-refractivity contribution in [2.24, 2.45) is 11.8 Å². The summed E-state index contributed by atoms with van der Waals surface area (Å²) in [4.78, 5) is 0. The fraction of sp³-hybridized carbons (Fsp3) is 1.00. The predicted molar refractivity (Wildman–Crippen MR) is 63.0 cm³/mol. The van der Waals surface area contributed by atoms with Gasteiger partial charge in [-0.15, -0.1) is 0 Å². The molecule has 2 fully saturated rings. The molecule has 88 valence electrons. The largest absolute Gasteiger partial charge is 0.381 e. The lowest BCUT2D eigenvalue weighted by atomic mass is 9.78. The average Bonchev–Trinajstić information content (AvgIpc) is 2.31. The van der Waals surface area contributed by atoms with Crippen LogP contribution in [0.5, 0.6) is 0 Å². The zero-order valence-corrected chi connectivity index (χ0v) is 10.0. The van der Waals surface area contributed by atoms with Crippen LogP contribution in [0.3, 0.4) is 0 Å². The molecule has 2 nitrogen and oxygen atoms in total. The van der Waals surface area contributed by atoms with Gasteiger partial charge in [0, 0.05) is 7.11 Å². The Morgan fingerprint density at radius 2 is 1.80 bits per heavy atom. The number of ether oxygens (including phenoxy) is 1.